The lowest BCUT2D eigenvalue weighted by Gasteiger charge is -2.25. The van der Waals surface area contributed by atoms with Crippen molar-refractivity contribution < 1.29 is 4.74 Å². The molecule has 106 valence electrons. The molecule has 0 saturated carbocycles. The van der Waals surface area contributed by atoms with Gasteiger partial charge in [-0.25, -0.2) is 4.98 Å². The minimum atomic E-state index is 0.773. The van der Waals surface area contributed by atoms with Gasteiger partial charge in [0.1, 0.15) is 0 Å². The van der Waals surface area contributed by atoms with E-state index in [1.165, 1.54) is 24.1 Å². The molecule has 0 amide bonds. The summed E-state index contributed by atoms with van der Waals surface area (Å²) in [5.74, 6) is 0. The first-order chi connectivity index (χ1) is 9.83. The fourth-order valence-electron chi connectivity index (χ4n) is 3.01. The van der Waals surface area contributed by atoms with Crippen LogP contribution in [-0.2, 0) is 17.6 Å². The molecule has 0 bridgehead atoms. The number of hydrogen-bond acceptors (Lipinski definition) is 6. The number of nitrogen functional groups attached to an aromatic ring is 1. The van der Waals surface area contributed by atoms with Crippen LogP contribution in [0, 0.1) is 0 Å². The molecule has 6 heteroatoms. The van der Waals surface area contributed by atoms with Crippen molar-refractivity contribution in [3.63, 3.8) is 0 Å². The van der Waals surface area contributed by atoms with Gasteiger partial charge in [-0.2, -0.15) is 4.98 Å². The number of thiazole rings is 1. The van der Waals surface area contributed by atoms with Crippen LogP contribution in [0.5, 0.6) is 0 Å². The summed E-state index contributed by atoms with van der Waals surface area (Å²) >= 11 is 1.67. The van der Waals surface area contributed by atoms with Crippen molar-refractivity contribution in [1.82, 2.24) is 9.97 Å². The van der Waals surface area contributed by atoms with Gasteiger partial charge >= 0.3 is 0 Å². The van der Waals surface area contributed by atoms with Crippen molar-refractivity contribution in [2.24, 2.45) is 0 Å². The summed E-state index contributed by atoms with van der Waals surface area (Å²) in [5, 5.41) is 1.03. The van der Waals surface area contributed by atoms with E-state index in [-0.39, 0.29) is 0 Å². The highest BCUT2D eigenvalue weighted by Gasteiger charge is 2.21. The number of anilines is 2. The Morgan fingerprint density at radius 1 is 1.10 bits per heavy atom. The highest BCUT2D eigenvalue weighted by Crippen LogP contribution is 2.37. The van der Waals surface area contributed by atoms with E-state index in [0.717, 1.165) is 60.3 Å². The number of aryl methyl sites for hydroxylation is 1. The molecule has 1 aliphatic carbocycles. The minimum absolute atomic E-state index is 0.773. The van der Waals surface area contributed by atoms with Gasteiger partial charge in [0, 0.05) is 18.8 Å². The summed E-state index contributed by atoms with van der Waals surface area (Å²) in [7, 11) is 0. The second-order valence-corrected chi connectivity index (χ2v) is 6.38. The van der Waals surface area contributed by atoms with E-state index in [1.807, 2.05) is 0 Å². The molecule has 1 saturated heterocycles. The van der Waals surface area contributed by atoms with Gasteiger partial charge < -0.3 is 15.4 Å². The van der Waals surface area contributed by atoms with Crippen molar-refractivity contribution in [1.29, 1.82) is 0 Å². The Kier molecular flexibility index (Phi) is 3.00. The third kappa shape index (κ3) is 1.94. The third-order valence-corrected chi connectivity index (χ3v) is 5.27. The number of morpholine rings is 1. The Labute approximate surface area is 121 Å². The molecule has 20 heavy (non-hydrogen) atoms. The zero-order valence-corrected chi connectivity index (χ0v) is 12.2. The quantitative estimate of drug-likeness (QED) is 0.870. The van der Waals surface area contributed by atoms with Gasteiger partial charge in [0.05, 0.1) is 23.6 Å². The molecule has 0 atom stereocenters. The van der Waals surface area contributed by atoms with Crippen molar-refractivity contribution in [3.05, 3.63) is 11.3 Å². The predicted molar refractivity (Wildman–Crippen MR) is 81.5 cm³/mol. The molecule has 2 aromatic heterocycles. The van der Waals surface area contributed by atoms with Gasteiger partial charge in [-0.1, -0.05) is 11.3 Å². The Morgan fingerprint density at radius 3 is 2.75 bits per heavy atom. The second-order valence-electron chi connectivity index (χ2n) is 5.41. The number of nitrogens with two attached hydrogens (primary N) is 1. The summed E-state index contributed by atoms with van der Waals surface area (Å²) in [6, 6.07) is 0. The Balaban J connectivity index is 1.80. The van der Waals surface area contributed by atoms with Gasteiger partial charge in [-0.05, 0) is 31.2 Å². The maximum atomic E-state index is 6.37. The first kappa shape index (κ1) is 12.3. The predicted octanol–water partition coefficient (Wildman–Crippen LogP) is 1.99. The van der Waals surface area contributed by atoms with Crippen LogP contribution < -0.4 is 10.6 Å². The number of nitrogens with zero attached hydrogens (tertiary/aromatic N) is 3. The van der Waals surface area contributed by atoms with E-state index in [1.54, 1.807) is 11.3 Å². The van der Waals surface area contributed by atoms with Crippen LogP contribution in [0.15, 0.2) is 0 Å². The molecule has 0 unspecified atom stereocenters. The molecule has 0 spiro atoms. The molecular formula is C14H18N4OS. The lowest BCUT2D eigenvalue weighted by atomic mass is 9.95. The van der Waals surface area contributed by atoms with E-state index in [9.17, 15) is 0 Å². The summed E-state index contributed by atoms with van der Waals surface area (Å²) in [4.78, 5) is 11.7. The van der Waals surface area contributed by atoms with Crippen LogP contribution in [0.25, 0.3) is 10.3 Å². The number of rotatable bonds is 1. The van der Waals surface area contributed by atoms with Crippen LogP contribution >= 0.6 is 11.3 Å². The molecule has 0 radical (unpaired) electrons. The normalized spacial score (nSPS) is 19.3. The lowest BCUT2D eigenvalue weighted by Crippen LogP contribution is -2.36. The number of fused-ring (bicyclic) bond motifs is 2. The van der Waals surface area contributed by atoms with E-state index in [4.69, 9.17) is 20.4 Å². The zero-order valence-electron chi connectivity index (χ0n) is 11.4. The van der Waals surface area contributed by atoms with Gasteiger partial charge in [0.25, 0.3) is 0 Å². The van der Waals surface area contributed by atoms with Crippen molar-refractivity contribution >= 4 is 32.5 Å². The van der Waals surface area contributed by atoms with E-state index in [0.29, 0.717) is 0 Å². The fourth-order valence-corrected chi connectivity index (χ4v) is 4.05. The minimum Gasteiger partial charge on any atom is -0.397 e. The average Bonchev–Trinajstić information content (AvgIpc) is 2.93. The van der Waals surface area contributed by atoms with Crippen LogP contribution in [0.4, 0.5) is 10.8 Å². The van der Waals surface area contributed by atoms with E-state index >= 15 is 0 Å². The van der Waals surface area contributed by atoms with Gasteiger partial charge in [0.2, 0.25) is 0 Å². The Bertz CT molecular complexity index is 648. The summed E-state index contributed by atoms with van der Waals surface area (Å²) < 4.78 is 6.46. The van der Waals surface area contributed by atoms with Crippen LogP contribution in [-0.4, -0.2) is 36.3 Å². The molecule has 2 aliphatic rings. The topological polar surface area (TPSA) is 64.3 Å². The number of pyridine rings is 1. The standard InChI is InChI=1S/C14H18N4OS/c15-11-9-3-1-2-4-10(9)16-13-12(11)20-14(17-13)18-5-7-19-8-6-18/h1-8H2,(H2,15,16). The average molecular weight is 290 g/mol. The summed E-state index contributed by atoms with van der Waals surface area (Å²) in [5.41, 5.74) is 10.5. The van der Waals surface area contributed by atoms with Crippen LogP contribution in [0.1, 0.15) is 24.1 Å². The maximum absolute atomic E-state index is 6.37. The molecule has 5 nitrogen and oxygen atoms in total. The first-order valence-electron chi connectivity index (χ1n) is 7.23. The maximum Gasteiger partial charge on any atom is 0.188 e. The van der Waals surface area contributed by atoms with Gasteiger partial charge in [-0.15, -0.1) is 0 Å². The number of aromatic nitrogens is 2. The van der Waals surface area contributed by atoms with Gasteiger partial charge in [0.15, 0.2) is 10.8 Å². The van der Waals surface area contributed by atoms with Crippen LogP contribution in [0.3, 0.4) is 0 Å². The van der Waals surface area contributed by atoms with Crippen molar-refractivity contribution in [2.45, 2.75) is 25.7 Å². The molecule has 0 aromatic carbocycles. The van der Waals surface area contributed by atoms with Crippen molar-refractivity contribution in [3.8, 4) is 0 Å². The number of hydrogen-bond donors (Lipinski definition) is 1. The van der Waals surface area contributed by atoms with Gasteiger partial charge in [-0.3, -0.25) is 0 Å². The highest BCUT2D eigenvalue weighted by atomic mass is 32.1. The fraction of sp³-hybridized carbons (Fsp3) is 0.571. The molecular weight excluding hydrogens is 272 g/mol. The summed E-state index contributed by atoms with van der Waals surface area (Å²) in [6.45, 7) is 3.35. The first-order valence-corrected chi connectivity index (χ1v) is 8.05. The van der Waals surface area contributed by atoms with Crippen LogP contribution in [0.2, 0.25) is 0 Å². The molecule has 1 aliphatic heterocycles. The molecule has 2 aromatic rings. The SMILES string of the molecule is Nc1c2c(nc3nc(N4CCOCC4)sc13)CCCC2. The third-order valence-electron chi connectivity index (χ3n) is 4.13. The van der Waals surface area contributed by atoms with E-state index < -0.39 is 0 Å². The van der Waals surface area contributed by atoms with E-state index in [2.05, 4.69) is 4.90 Å². The molecule has 2 N–H and O–H groups in total. The zero-order chi connectivity index (χ0) is 13.5. The second kappa shape index (κ2) is 4.86. The smallest absolute Gasteiger partial charge is 0.188 e. The Morgan fingerprint density at radius 2 is 1.90 bits per heavy atom. The summed E-state index contributed by atoms with van der Waals surface area (Å²) in [6.07, 6.45) is 4.54. The lowest BCUT2D eigenvalue weighted by molar-refractivity contribution is 0.122. The molecule has 3 heterocycles. The number of ether oxygens (including phenoxy) is 1. The Hall–Kier alpha value is -1.40. The molecule has 1 fully saturated rings. The van der Waals surface area contributed by atoms with Crippen molar-refractivity contribution in [2.75, 3.05) is 36.9 Å². The highest BCUT2D eigenvalue weighted by molar-refractivity contribution is 7.22. The monoisotopic (exact) mass is 290 g/mol. The largest absolute Gasteiger partial charge is 0.397 e. The molecule has 4 rings (SSSR count).